The van der Waals surface area contributed by atoms with E-state index in [1.54, 1.807) is 7.05 Å². The average molecular weight is 200 g/mol. The van der Waals surface area contributed by atoms with Gasteiger partial charge in [-0.3, -0.25) is 10.4 Å². The molecule has 1 aliphatic rings. The summed E-state index contributed by atoms with van der Waals surface area (Å²) < 4.78 is 5.62. The van der Waals surface area contributed by atoms with Crippen LogP contribution in [0.15, 0.2) is 4.99 Å². The fourth-order valence-electron chi connectivity index (χ4n) is 1.69. The highest BCUT2D eigenvalue weighted by molar-refractivity contribution is 5.78. The molecule has 0 radical (unpaired) electrons. The molecule has 0 aromatic heterocycles. The standard InChI is InChI=1S/C9H20N4O/c1-11-9(12-10)13(2)7-8-5-3-4-6-14-8/h8H,3-7,10H2,1-2H3,(H,11,12). The third-order valence-corrected chi connectivity index (χ3v) is 2.45. The molecule has 1 unspecified atom stereocenters. The first-order valence-electron chi connectivity index (χ1n) is 5.04. The predicted molar refractivity (Wildman–Crippen MR) is 56.9 cm³/mol. The zero-order valence-corrected chi connectivity index (χ0v) is 8.99. The second kappa shape index (κ2) is 5.82. The molecular formula is C9H20N4O. The minimum Gasteiger partial charge on any atom is -0.376 e. The van der Waals surface area contributed by atoms with Gasteiger partial charge in [-0.2, -0.15) is 0 Å². The van der Waals surface area contributed by atoms with E-state index < -0.39 is 0 Å². The maximum absolute atomic E-state index is 5.62. The molecule has 82 valence electrons. The molecule has 1 rings (SSSR count). The number of rotatable bonds is 2. The lowest BCUT2D eigenvalue weighted by molar-refractivity contribution is 0.00677. The first-order chi connectivity index (χ1) is 6.77. The molecule has 1 saturated heterocycles. The van der Waals surface area contributed by atoms with Crippen molar-refractivity contribution in [1.82, 2.24) is 10.3 Å². The fraction of sp³-hybridized carbons (Fsp3) is 0.889. The Morgan fingerprint density at radius 2 is 2.43 bits per heavy atom. The van der Waals surface area contributed by atoms with Crippen LogP contribution in [0.1, 0.15) is 19.3 Å². The Bertz CT molecular complexity index is 189. The third kappa shape index (κ3) is 3.16. The van der Waals surface area contributed by atoms with Crippen molar-refractivity contribution in [3.8, 4) is 0 Å². The fourth-order valence-corrected chi connectivity index (χ4v) is 1.69. The van der Waals surface area contributed by atoms with E-state index in [4.69, 9.17) is 10.6 Å². The van der Waals surface area contributed by atoms with Crippen molar-refractivity contribution in [2.24, 2.45) is 10.8 Å². The molecule has 3 N–H and O–H groups in total. The lowest BCUT2D eigenvalue weighted by Crippen LogP contribution is -2.46. The highest BCUT2D eigenvalue weighted by Gasteiger charge is 2.16. The van der Waals surface area contributed by atoms with Gasteiger partial charge in [-0.25, -0.2) is 5.84 Å². The molecule has 5 heteroatoms. The van der Waals surface area contributed by atoms with E-state index in [0.29, 0.717) is 12.1 Å². The van der Waals surface area contributed by atoms with Crippen molar-refractivity contribution >= 4 is 5.96 Å². The van der Waals surface area contributed by atoms with E-state index >= 15 is 0 Å². The molecule has 0 spiro atoms. The summed E-state index contributed by atoms with van der Waals surface area (Å²) in [6.45, 7) is 1.73. The Labute approximate surface area is 85.3 Å². The van der Waals surface area contributed by atoms with Gasteiger partial charge in [-0.1, -0.05) is 0 Å². The Morgan fingerprint density at radius 1 is 1.64 bits per heavy atom. The number of nitrogens with two attached hydrogens (primary N) is 1. The van der Waals surface area contributed by atoms with Gasteiger partial charge in [0.1, 0.15) is 0 Å². The highest BCUT2D eigenvalue weighted by atomic mass is 16.5. The summed E-state index contributed by atoms with van der Waals surface area (Å²) >= 11 is 0. The van der Waals surface area contributed by atoms with Crippen molar-refractivity contribution in [3.05, 3.63) is 0 Å². The van der Waals surface area contributed by atoms with E-state index in [2.05, 4.69) is 10.4 Å². The normalized spacial score (nSPS) is 23.4. The van der Waals surface area contributed by atoms with Crippen LogP contribution in [0.3, 0.4) is 0 Å². The number of hydrazine groups is 1. The molecule has 1 fully saturated rings. The van der Waals surface area contributed by atoms with Gasteiger partial charge in [0.15, 0.2) is 0 Å². The molecule has 1 heterocycles. The number of hydrogen-bond donors (Lipinski definition) is 2. The Morgan fingerprint density at radius 3 is 2.93 bits per heavy atom. The van der Waals surface area contributed by atoms with Crippen LogP contribution in [0.5, 0.6) is 0 Å². The summed E-state index contributed by atoms with van der Waals surface area (Å²) in [4.78, 5) is 6.00. The Kier molecular flexibility index (Phi) is 4.69. The molecule has 0 amide bonds. The van der Waals surface area contributed by atoms with Gasteiger partial charge in [0, 0.05) is 27.2 Å². The van der Waals surface area contributed by atoms with E-state index in [-0.39, 0.29) is 0 Å². The molecule has 0 aliphatic carbocycles. The Balaban J connectivity index is 2.34. The van der Waals surface area contributed by atoms with Crippen LogP contribution in [-0.4, -0.2) is 44.2 Å². The summed E-state index contributed by atoms with van der Waals surface area (Å²) in [6.07, 6.45) is 3.89. The largest absolute Gasteiger partial charge is 0.376 e. The molecule has 14 heavy (non-hydrogen) atoms. The second-order valence-corrected chi connectivity index (χ2v) is 3.56. The maximum Gasteiger partial charge on any atom is 0.207 e. The van der Waals surface area contributed by atoms with Gasteiger partial charge in [-0.05, 0) is 19.3 Å². The van der Waals surface area contributed by atoms with Crippen molar-refractivity contribution < 1.29 is 4.74 Å². The number of guanidine groups is 1. The highest BCUT2D eigenvalue weighted by Crippen LogP contribution is 2.13. The molecule has 5 nitrogen and oxygen atoms in total. The van der Waals surface area contributed by atoms with Crippen molar-refractivity contribution in [2.75, 3.05) is 27.2 Å². The van der Waals surface area contributed by atoms with Crippen LogP contribution < -0.4 is 11.3 Å². The van der Waals surface area contributed by atoms with Crippen molar-refractivity contribution in [3.63, 3.8) is 0 Å². The average Bonchev–Trinajstić information content (AvgIpc) is 2.21. The number of hydrogen-bond acceptors (Lipinski definition) is 3. The van der Waals surface area contributed by atoms with Crippen LogP contribution in [0.25, 0.3) is 0 Å². The van der Waals surface area contributed by atoms with Gasteiger partial charge in [0.2, 0.25) is 5.96 Å². The monoisotopic (exact) mass is 200 g/mol. The molecular weight excluding hydrogens is 180 g/mol. The molecule has 1 atom stereocenters. The minimum absolute atomic E-state index is 0.318. The zero-order valence-electron chi connectivity index (χ0n) is 8.99. The summed E-state index contributed by atoms with van der Waals surface area (Å²) in [6, 6.07) is 0. The number of likely N-dealkylation sites (N-methyl/N-ethyl adjacent to an activating group) is 1. The number of ether oxygens (including phenoxy) is 1. The van der Waals surface area contributed by atoms with Gasteiger partial charge in [0.05, 0.1) is 6.10 Å². The lowest BCUT2D eigenvalue weighted by Gasteiger charge is -2.28. The first-order valence-corrected chi connectivity index (χ1v) is 5.04. The van der Waals surface area contributed by atoms with Gasteiger partial charge >= 0.3 is 0 Å². The summed E-state index contributed by atoms with van der Waals surface area (Å²) in [5.74, 6) is 6.02. The smallest absolute Gasteiger partial charge is 0.207 e. The SMILES string of the molecule is CN=C(NN)N(C)CC1CCCCO1. The van der Waals surface area contributed by atoms with Crippen LogP contribution in [0.2, 0.25) is 0 Å². The Hall–Kier alpha value is -0.810. The topological polar surface area (TPSA) is 62.9 Å². The van der Waals surface area contributed by atoms with E-state index in [0.717, 1.165) is 19.6 Å². The maximum atomic E-state index is 5.62. The summed E-state index contributed by atoms with van der Waals surface area (Å²) in [7, 11) is 3.67. The first kappa shape index (κ1) is 11.3. The molecule has 1 aliphatic heterocycles. The van der Waals surface area contributed by atoms with Crippen LogP contribution in [0.4, 0.5) is 0 Å². The van der Waals surface area contributed by atoms with Gasteiger partial charge in [-0.15, -0.1) is 0 Å². The van der Waals surface area contributed by atoms with E-state index in [9.17, 15) is 0 Å². The third-order valence-electron chi connectivity index (χ3n) is 2.45. The quantitative estimate of drug-likeness (QED) is 0.284. The molecule has 0 bridgehead atoms. The molecule has 0 aromatic rings. The van der Waals surface area contributed by atoms with E-state index in [1.807, 2.05) is 11.9 Å². The van der Waals surface area contributed by atoms with Crippen molar-refractivity contribution in [1.29, 1.82) is 0 Å². The summed E-state index contributed by atoms with van der Waals surface area (Å²) in [5.41, 5.74) is 2.56. The molecule has 0 saturated carbocycles. The number of aliphatic imine (C=N–C) groups is 1. The zero-order chi connectivity index (χ0) is 10.4. The minimum atomic E-state index is 0.318. The summed E-state index contributed by atoms with van der Waals surface area (Å²) in [5, 5.41) is 0. The van der Waals surface area contributed by atoms with Crippen molar-refractivity contribution in [2.45, 2.75) is 25.4 Å². The van der Waals surface area contributed by atoms with E-state index in [1.165, 1.54) is 12.8 Å². The lowest BCUT2D eigenvalue weighted by atomic mass is 10.1. The number of nitrogens with one attached hydrogen (secondary N) is 1. The predicted octanol–water partition coefficient (Wildman–Crippen LogP) is -0.0636. The number of nitrogens with zero attached hydrogens (tertiary/aromatic N) is 2. The second-order valence-electron chi connectivity index (χ2n) is 3.56. The molecule has 0 aromatic carbocycles. The van der Waals surface area contributed by atoms with Gasteiger partial charge in [0.25, 0.3) is 0 Å². The van der Waals surface area contributed by atoms with Crippen LogP contribution >= 0.6 is 0 Å². The van der Waals surface area contributed by atoms with Crippen LogP contribution in [-0.2, 0) is 4.74 Å². The van der Waals surface area contributed by atoms with Gasteiger partial charge < -0.3 is 9.64 Å². The van der Waals surface area contributed by atoms with Crippen LogP contribution in [0, 0.1) is 0 Å².